The lowest BCUT2D eigenvalue weighted by Gasteiger charge is -2.16. The van der Waals surface area contributed by atoms with Gasteiger partial charge in [-0.3, -0.25) is 4.98 Å². The van der Waals surface area contributed by atoms with E-state index in [1.54, 1.807) is 0 Å². The highest BCUT2D eigenvalue weighted by atomic mass is 16.2. The van der Waals surface area contributed by atoms with Gasteiger partial charge in [0.25, 0.3) is 0 Å². The summed E-state index contributed by atoms with van der Waals surface area (Å²) in [6.45, 7) is 3.82. The fourth-order valence-electron chi connectivity index (χ4n) is 3.13. The Morgan fingerprint density at radius 2 is 1.81 bits per heavy atom. The Morgan fingerprint density at radius 3 is 2.59 bits per heavy atom. The number of urea groups is 1. The van der Waals surface area contributed by atoms with Crippen LogP contribution >= 0.6 is 0 Å². The predicted octanol–water partition coefficient (Wildman–Crippen LogP) is 4.71. The molecular weight excluding hydrogens is 336 g/mol. The van der Waals surface area contributed by atoms with Crippen LogP contribution < -0.4 is 10.6 Å². The number of carbonyl (C=O) groups excluding carboxylic acids is 1. The van der Waals surface area contributed by atoms with E-state index in [9.17, 15) is 4.79 Å². The Hall–Kier alpha value is -3.21. The van der Waals surface area contributed by atoms with Gasteiger partial charge in [-0.1, -0.05) is 48.5 Å². The molecule has 0 aliphatic heterocycles. The smallest absolute Gasteiger partial charge is 0.319 e. The lowest BCUT2D eigenvalue weighted by Crippen LogP contribution is -2.37. The SMILES string of the molecule is Cc1cc(NC(=O)N[C@H](C)CC(=N)Cc2ccccc2)c2ccccc2n1. The Morgan fingerprint density at radius 1 is 1.11 bits per heavy atom. The third kappa shape index (κ3) is 5.14. The number of nitrogens with one attached hydrogen (secondary N) is 3. The van der Waals surface area contributed by atoms with Gasteiger partial charge >= 0.3 is 6.03 Å². The summed E-state index contributed by atoms with van der Waals surface area (Å²) in [5.74, 6) is 0. The van der Waals surface area contributed by atoms with Crippen molar-refractivity contribution in [3.8, 4) is 0 Å². The normalized spacial score (nSPS) is 11.8. The molecule has 1 atom stereocenters. The van der Waals surface area contributed by atoms with Crippen molar-refractivity contribution in [2.24, 2.45) is 0 Å². The first-order valence-corrected chi connectivity index (χ1v) is 9.05. The molecule has 3 rings (SSSR count). The number of rotatable bonds is 6. The molecule has 0 aliphatic rings. The van der Waals surface area contributed by atoms with E-state index >= 15 is 0 Å². The number of benzene rings is 2. The van der Waals surface area contributed by atoms with Gasteiger partial charge in [-0.25, -0.2) is 4.79 Å². The van der Waals surface area contributed by atoms with E-state index in [1.807, 2.05) is 74.5 Å². The van der Waals surface area contributed by atoms with Gasteiger partial charge in [-0.2, -0.15) is 0 Å². The highest BCUT2D eigenvalue weighted by Crippen LogP contribution is 2.22. The van der Waals surface area contributed by atoms with E-state index in [4.69, 9.17) is 5.41 Å². The van der Waals surface area contributed by atoms with Crippen molar-refractivity contribution >= 4 is 28.3 Å². The number of carbonyl (C=O) groups is 1. The van der Waals surface area contributed by atoms with Crippen molar-refractivity contribution in [3.05, 3.63) is 71.9 Å². The first-order chi connectivity index (χ1) is 13.0. The molecule has 2 amide bonds. The Labute approximate surface area is 159 Å². The Balaban J connectivity index is 1.58. The number of fused-ring (bicyclic) bond motifs is 1. The zero-order valence-electron chi connectivity index (χ0n) is 15.6. The number of anilines is 1. The van der Waals surface area contributed by atoms with Crippen molar-refractivity contribution in [1.29, 1.82) is 5.41 Å². The Bertz CT molecular complexity index is 953. The molecule has 1 aromatic heterocycles. The number of para-hydroxylation sites is 1. The van der Waals surface area contributed by atoms with Crippen LogP contribution in [0.25, 0.3) is 10.9 Å². The molecule has 0 aliphatic carbocycles. The summed E-state index contributed by atoms with van der Waals surface area (Å²) in [5, 5.41) is 14.9. The summed E-state index contributed by atoms with van der Waals surface area (Å²) in [6, 6.07) is 19.1. The fraction of sp³-hybridized carbons (Fsp3) is 0.227. The molecule has 0 bridgehead atoms. The van der Waals surface area contributed by atoms with Gasteiger partial charge in [0.05, 0.1) is 11.2 Å². The van der Waals surface area contributed by atoms with E-state index in [1.165, 1.54) is 0 Å². The minimum Gasteiger partial charge on any atom is -0.335 e. The van der Waals surface area contributed by atoms with Crippen LogP contribution in [0.15, 0.2) is 60.7 Å². The van der Waals surface area contributed by atoms with E-state index in [-0.39, 0.29) is 12.1 Å². The van der Waals surface area contributed by atoms with Crippen molar-refractivity contribution in [2.45, 2.75) is 32.7 Å². The maximum absolute atomic E-state index is 12.4. The maximum Gasteiger partial charge on any atom is 0.319 e. The van der Waals surface area contributed by atoms with Crippen LogP contribution in [-0.2, 0) is 6.42 Å². The van der Waals surface area contributed by atoms with Crippen molar-refractivity contribution in [2.75, 3.05) is 5.32 Å². The fourth-order valence-corrected chi connectivity index (χ4v) is 3.13. The molecule has 0 fully saturated rings. The summed E-state index contributed by atoms with van der Waals surface area (Å²) < 4.78 is 0. The van der Waals surface area contributed by atoms with E-state index < -0.39 is 0 Å². The van der Waals surface area contributed by atoms with Gasteiger partial charge in [0.15, 0.2) is 0 Å². The zero-order valence-corrected chi connectivity index (χ0v) is 15.6. The number of aromatic nitrogens is 1. The van der Waals surface area contributed by atoms with Crippen molar-refractivity contribution in [1.82, 2.24) is 10.3 Å². The van der Waals surface area contributed by atoms with Crippen molar-refractivity contribution < 1.29 is 4.79 Å². The average Bonchev–Trinajstić information content (AvgIpc) is 2.62. The van der Waals surface area contributed by atoms with Crippen LogP contribution in [0.5, 0.6) is 0 Å². The molecular formula is C22H24N4O. The highest BCUT2D eigenvalue weighted by molar-refractivity contribution is 6.00. The number of nitrogens with zero attached hydrogens (tertiary/aromatic N) is 1. The summed E-state index contributed by atoms with van der Waals surface area (Å²) in [5.41, 5.74) is 4.14. The van der Waals surface area contributed by atoms with E-state index in [0.29, 0.717) is 18.6 Å². The van der Waals surface area contributed by atoms with Gasteiger partial charge in [0, 0.05) is 35.7 Å². The molecule has 5 heteroatoms. The van der Waals surface area contributed by atoms with Gasteiger partial charge in [-0.05, 0) is 31.5 Å². The molecule has 27 heavy (non-hydrogen) atoms. The quantitative estimate of drug-likeness (QED) is 0.557. The predicted molar refractivity (Wildman–Crippen MR) is 111 cm³/mol. The van der Waals surface area contributed by atoms with Crippen molar-refractivity contribution in [3.63, 3.8) is 0 Å². The maximum atomic E-state index is 12.4. The van der Waals surface area contributed by atoms with Gasteiger partial charge in [-0.15, -0.1) is 0 Å². The molecule has 138 valence electrons. The summed E-state index contributed by atoms with van der Waals surface area (Å²) >= 11 is 0. The second-order valence-electron chi connectivity index (χ2n) is 6.80. The standard InChI is InChI=1S/C22H24N4O/c1-15(12-18(23)14-17-8-4-3-5-9-17)25-22(27)26-21-13-16(2)24-20-11-7-6-10-19(20)21/h3-11,13,15,23H,12,14H2,1-2H3,(H2,24,25,26,27)/t15-/m1/s1. The molecule has 0 spiro atoms. The molecule has 2 aromatic carbocycles. The number of hydrogen-bond donors (Lipinski definition) is 3. The zero-order chi connectivity index (χ0) is 19.2. The minimum absolute atomic E-state index is 0.129. The number of aryl methyl sites for hydroxylation is 1. The third-order valence-electron chi connectivity index (χ3n) is 4.28. The van der Waals surface area contributed by atoms with Crippen LogP contribution in [0.1, 0.15) is 24.6 Å². The molecule has 0 unspecified atom stereocenters. The van der Waals surface area contributed by atoms with E-state index in [0.717, 1.165) is 27.8 Å². The van der Waals surface area contributed by atoms with Crippen LogP contribution in [0.4, 0.5) is 10.5 Å². The second kappa shape index (κ2) is 8.45. The van der Waals surface area contributed by atoms with Gasteiger partial charge < -0.3 is 16.0 Å². The largest absolute Gasteiger partial charge is 0.335 e. The first kappa shape index (κ1) is 18.6. The summed E-state index contributed by atoms with van der Waals surface area (Å²) in [4.78, 5) is 16.9. The monoisotopic (exact) mass is 360 g/mol. The molecule has 0 saturated carbocycles. The lowest BCUT2D eigenvalue weighted by molar-refractivity contribution is 0.249. The first-order valence-electron chi connectivity index (χ1n) is 9.05. The highest BCUT2D eigenvalue weighted by Gasteiger charge is 2.12. The molecule has 0 saturated heterocycles. The molecule has 1 heterocycles. The number of pyridine rings is 1. The van der Waals surface area contributed by atoms with E-state index in [2.05, 4.69) is 15.6 Å². The molecule has 5 nitrogen and oxygen atoms in total. The molecule has 0 radical (unpaired) electrons. The average molecular weight is 360 g/mol. The van der Waals surface area contributed by atoms with Crippen LogP contribution in [-0.4, -0.2) is 22.8 Å². The number of amides is 2. The minimum atomic E-state index is -0.272. The summed E-state index contributed by atoms with van der Waals surface area (Å²) in [6.07, 6.45) is 1.11. The Kier molecular flexibility index (Phi) is 5.81. The van der Waals surface area contributed by atoms with Crippen LogP contribution in [0.2, 0.25) is 0 Å². The molecule has 3 N–H and O–H groups in total. The lowest BCUT2D eigenvalue weighted by atomic mass is 10.0. The number of hydrogen-bond acceptors (Lipinski definition) is 3. The van der Waals surface area contributed by atoms with Gasteiger partial charge in [0.2, 0.25) is 0 Å². The van der Waals surface area contributed by atoms with Gasteiger partial charge in [0.1, 0.15) is 0 Å². The second-order valence-corrected chi connectivity index (χ2v) is 6.80. The third-order valence-corrected chi connectivity index (χ3v) is 4.28. The topological polar surface area (TPSA) is 77.9 Å². The molecule has 3 aromatic rings. The van der Waals surface area contributed by atoms with Crippen LogP contribution in [0.3, 0.4) is 0 Å². The summed E-state index contributed by atoms with van der Waals surface area (Å²) in [7, 11) is 0. The van der Waals surface area contributed by atoms with Crippen LogP contribution in [0, 0.1) is 12.3 Å².